The fourth-order valence-electron chi connectivity index (χ4n) is 2.54. The van der Waals surface area contributed by atoms with Crippen LogP contribution in [0.5, 0.6) is 0 Å². The summed E-state index contributed by atoms with van der Waals surface area (Å²) in [4.78, 5) is 10.0. The minimum atomic E-state index is 0.612. The topological polar surface area (TPSA) is 64.9 Å². The van der Waals surface area contributed by atoms with Gasteiger partial charge >= 0.3 is 0 Å². The predicted octanol–water partition coefficient (Wildman–Crippen LogP) is 3.02. The molecule has 0 amide bonds. The van der Waals surface area contributed by atoms with Crippen molar-refractivity contribution in [3.8, 4) is 11.5 Å². The van der Waals surface area contributed by atoms with Crippen molar-refractivity contribution in [3.63, 3.8) is 0 Å². The molecule has 0 aromatic carbocycles. The summed E-state index contributed by atoms with van der Waals surface area (Å²) < 4.78 is 5.77. The predicted molar refractivity (Wildman–Crippen MR) is 71.6 cm³/mol. The summed E-state index contributed by atoms with van der Waals surface area (Å²) in [7, 11) is 0. The highest BCUT2D eigenvalue weighted by Gasteiger charge is 2.25. The van der Waals surface area contributed by atoms with Crippen molar-refractivity contribution in [2.75, 3.05) is 5.73 Å². The van der Waals surface area contributed by atoms with Crippen LogP contribution >= 0.6 is 11.3 Å². The lowest BCUT2D eigenvalue weighted by Gasteiger charge is -1.97. The lowest BCUT2D eigenvalue weighted by atomic mass is 10.1. The molecular weight excluding hydrogens is 246 g/mol. The number of fused-ring (bicyclic) bond motifs is 2. The monoisotopic (exact) mass is 257 g/mol. The first kappa shape index (κ1) is 10.1. The van der Waals surface area contributed by atoms with E-state index in [0.29, 0.717) is 17.1 Å². The number of oxazole rings is 1. The Morgan fingerprint density at radius 2 is 2.28 bits per heavy atom. The third-order valence-electron chi connectivity index (χ3n) is 3.33. The van der Waals surface area contributed by atoms with Gasteiger partial charge in [-0.3, -0.25) is 0 Å². The molecule has 4 rings (SSSR count). The highest BCUT2D eigenvalue weighted by atomic mass is 32.1. The lowest BCUT2D eigenvalue weighted by Crippen LogP contribution is -1.88. The molecule has 0 bridgehead atoms. The zero-order valence-electron chi connectivity index (χ0n) is 9.64. The summed E-state index contributed by atoms with van der Waals surface area (Å²) in [6.07, 6.45) is 5.12. The quantitative estimate of drug-likeness (QED) is 0.727. The van der Waals surface area contributed by atoms with E-state index in [1.54, 1.807) is 17.5 Å². The van der Waals surface area contributed by atoms with E-state index in [-0.39, 0.29) is 0 Å². The maximum absolute atomic E-state index is 6.10. The summed E-state index contributed by atoms with van der Waals surface area (Å²) in [6.45, 7) is 0. The van der Waals surface area contributed by atoms with Crippen LogP contribution in [0.3, 0.4) is 0 Å². The standard InChI is InChI=1S/C13H11N3OS/c14-11-10(7-3-1-5-9(7)18-11)13-16-12-8(17-13)4-2-6-15-12/h2,4,6H,1,3,5,14H2. The van der Waals surface area contributed by atoms with Gasteiger partial charge < -0.3 is 10.2 Å². The highest BCUT2D eigenvalue weighted by Crippen LogP contribution is 2.43. The Labute approximate surface area is 107 Å². The van der Waals surface area contributed by atoms with Crippen LogP contribution in [0.1, 0.15) is 16.9 Å². The average Bonchev–Trinajstić information content (AvgIpc) is 3.00. The van der Waals surface area contributed by atoms with Crippen molar-refractivity contribution in [1.82, 2.24) is 9.97 Å². The van der Waals surface area contributed by atoms with Crippen LogP contribution in [0.2, 0.25) is 0 Å². The Bertz CT molecular complexity index is 711. The van der Waals surface area contributed by atoms with Crippen molar-refractivity contribution in [2.24, 2.45) is 0 Å². The Kier molecular flexibility index (Phi) is 1.99. The van der Waals surface area contributed by atoms with E-state index in [4.69, 9.17) is 10.2 Å². The number of anilines is 1. The van der Waals surface area contributed by atoms with E-state index >= 15 is 0 Å². The van der Waals surface area contributed by atoms with Gasteiger partial charge in [0, 0.05) is 11.1 Å². The molecule has 0 fully saturated rings. The van der Waals surface area contributed by atoms with Crippen LogP contribution in [0.25, 0.3) is 22.7 Å². The Morgan fingerprint density at radius 1 is 1.33 bits per heavy atom. The first-order valence-electron chi connectivity index (χ1n) is 5.95. The van der Waals surface area contributed by atoms with E-state index in [1.165, 1.54) is 16.9 Å². The molecule has 0 saturated heterocycles. The van der Waals surface area contributed by atoms with E-state index in [2.05, 4.69) is 9.97 Å². The zero-order valence-corrected chi connectivity index (χ0v) is 10.5. The Hall–Kier alpha value is -1.88. The maximum Gasteiger partial charge on any atom is 0.232 e. The summed E-state index contributed by atoms with van der Waals surface area (Å²) >= 11 is 1.67. The fraction of sp³-hybridized carbons (Fsp3) is 0.231. The third-order valence-corrected chi connectivity index (χ3v) is 4.45. The second-order valence-corrected chi connectivity index (χ2v) is 5.58. The molecule has 0 unspecified atom stereocenters. The number of hydrogen-bond donors (Lipinski definition) is 1. The summed E-state index contributed by atoms with van der Waals surface area (Å²) in [5.41, 5.74) is 9.77. The van der Waals surface area contributed by atoms with Crippen LogP contribution in [-0.2, 0) is 12.8 Å². The van der Waals surface area contributed by atoms with Gasteiger partial charge in [-0.2, -0.15) is 4.98 Å². The molecule has 90 valence electrons. The van der Waals surface area contributed by atoms with Gasteiger partial charge in [0.1, 0.15) is 0 Å². The zero-order chi connectivity index (χ0) is 12.1. The van der Waals surface area contributed by atoms with Crippen molar-refractivity contribution in [3.05, 3.63) is 28.8 Å². The van der Waals surface area contributed by atoms with Crippen LogP contribution in [0.4, 0.5) is 5.00 Å². The second kappa shape index (κ2) is 3.55. The average molecular weight is 257 g/mol. The van der Waals surface area contributed by atoms with Gasteiger partial charge in [-0.25, -0.2) is 4.98 Å². The largest absolute Gasteiger partial charge is 0.434 e. The molecule has 0 aliphatic heterocycles. The smallest absolute Gasteiger partial charge is 0.232 e. The molecule has 1 aliphatic carbocycles. The van der Waals surface area contributed by atoms with Crippen LogP contribution in [0, 0.1) is 0 Å². The van der Waals surface area contributed by atoms with E-state index in [1.807, 2.05) is 12.1 Å². The summed E-state index contributed by atoms with van der Waals surface area (Å²) in [6, 6.07) is 3.72. The SMILES string of the molecule is Nc1sc2c(c1-c1nc3ncccc3o1)CCC2. The Morgan fingerprint density at radius 3 is 3.17 bits per heavy atom. The number of pyridine rings is 1. The number of nitrogens with zero attached hydrogens (tertiary/aromatic N) is 2. The first-order valence-corrected chi connectivity index (χ1v) is 6.76. The number of aryl methyl sites for hydroxylation is 1. The number of nitrogen functional groups attached to an aromatic ring is 1. The molecule has 0 radical (unpaired) electrons. The molecule has 0 saturated carbocycles. The summed E-state index contributed by atoms with van der Waals surface area (Å²) in [5, 5.41) is 0.811. The molecule has 4 nitrogen and oxygen atoms in total. The molecule has 3 aromatic rings. The van der Waals surface area contributed by atoms with Gasteiger partial charge in [0.2, 0.25) is 5.89 Å². The molecule has 3 heterocycles. The van der Waals surface area contributed by atoms with Crippen LogP contribution in [0.15, 0.2) is 22.7 Å². The molecule has 0 atom stereocenters. The number of nitrogens with two attached hydrogens (primary N) is 1. The van der Waals surface area contributed by atoms with Gasteiger partial charge in [-0.1, -0.05) is 0 Å². The number of thiophene rings is 1. The minimum Gasteiger partial charge on any atom is -0.434 e. The number of hydrogen-bond acceptors (Lipinski definition) is 5. The van der Waals surface area contributed by atoms with Crippen LogP contribution in [-0.4, -0.2) is 9.97 Å². The lowest BCUT2D eigenvalue weighted by molar-refractivity contribution is 0.619. The number of aromatic nitrogens is 2. The van der Waals surface area contributed by atoms with E-state index in [0.717, 1.165) is 23.4 Å². The van der Waals surface area contributed by atoms with Crippen molar-refractivity contribution >= 4 is 27.6 Å². The highest BCUT2D eigenvalue weighted by molar-refractivity contribution is 7.16. The van der Waals surface area contributed by atoms with Crippen LogP contribution < -0.4 is 5.73 Å². The maximum atomic E-state index is 6.10. The van der Waals surface area contributed by atoms with Gasteiger partial charge in [0.05, 0.1) is 10.6 Å². The summed E-state index contributed by atoms with van der Waals surface area (Å²) in [5.74, 6) is 0.612. The molecular formula is C13H11N3OS. The van der Waals surface area contributed by atoms with Gasteiger partial charge in [-0.05, 0) is 37.0 Å². The minimum absolute atomic E-state index is 0.612. The molecule has 5 heteroatoms. The fourth-order valence-corrected chi connectivity index (χ4v) is 3.69. The second-order valence-electron chi connectivity index (χ2n) is 4.44. The van der Waals surface area contributed by atoms with E-state index in [9.17, 15) is 0 Å². The van der Waals surface area contributed by atoms with Crippen molar-refractivity contribution in [2.45, 2.75) is 19.3 Å². The van der Waals surface area contributed by atoms with E-state index < -0.39 is 0 Å². The van der Waals surface area contributed by atoms with Gasteiger partial charge in [0.15, 0.2) is 11.2 Å². The Balaban J connectivity index is 1.97. The van der Waals surface area contributed by atoms with Gasteiger partial charge in [-0.15, -0.1) is 11.3 Å². The first-order chi connectivity index (χ1) is 8.83. The molecule has 1 aliphatic rings. The number of rotatable bonds is 1. The molecule has 3 aromatic heterocycles. The third kappa shape index (κ3) is 1.31. The van der Waals surface area contributed by atoms with Crippen molar-refractivity contribution in [1.29, 1.82) is 0 Å². The van der Waals surface area contributed by atoms with Gasteiger partial charge in [0.25, 0.3) is 0 Å². The molecule has 2 N–H and O–H groups in total. The van der Waals surface area contributed by atoms with Crippen molar-refractivity contribution < 1.29 is 4.42 Å². The molecule has 18 heavy (non-hydrogen) atoms. The molecule has 0 spiro atoms. The normalized spacial score (nSPS) is 14.2.